The molecule has 0 bridgehead atoms. The Bertz CT molecular complexity index is 556. The molecule has 0 unspecified atom stereocenters. The molecule has 0 N–H and O–H groups in total. The maximum atomic E-state index is 13.0. The molecule has 0 aliphatic heterocycles. The van der Waals surface area contributed by atoms with E-state index in [1.54, 1.807) is 0 Å². The number of ether oxygens (including phenoxy) is 1. The van der Waals surface area contributed by atoms with Gasteiger partial charge < -0.3 is 4.74 Å². The average molecular weight is 390 g/mol. The standard InChI is InChI=1S/C21H30F4O2/c1-2-3-4-5-6-7-8-9-10-11-12-15-27-20(26)18-14-13-17(22)16-19(18)21(23,24)25/h13-14,16H,2-12,15H2,1H3. The summed E-state index contributed by atoms with van der Waals surface area (Å²) in [6.45, 7) is 2.27. The molecule has 0 atom stereocenters. The van der Waals surface area contributed by atoms with Crippen molar-refractivity contribution in [2.45, 2.75) is 83.7 Å². The number of alkyl halides is 3. The number of esters is 1. The summed E-state index contributed by atoms with van der Waals surface area (Å²) in [6, 6.07) is 1.97. The van der Waals surface area contributed by atoms with E-state index in [2.05, 4.69) is 6.92 Å². The molecule has 1 aromatic rings. The van der Waals surface area contributed by atoms with Crippen molar-refractivity contribution in [3.8, 4) is 0 Å². The zero-order valence-electron chi connectivity index (χ0n) is 16.0. The Morgan fingerprint density at radius 3 is 1.93 bits per heavy atom. The molecular weight excluding hydrogens is 360 g/mol. The van der Waals surface area contributed by atoms with Crippen molar-refractivity contribution in [3.63, 3.8) is 0 Å². The quantitative estimate of drug-likeness (QED) is 0.200. The molecule has 0 aliphatic carbocycles. The summed E-state index contributed by atoms with van der Waals surface area (Å²) in [5.41, 5.74) is -1.95. The molecule has 0 radical (unpaired) electrons. The van der Waals surface area contributed by atoms with Crippen LogP contribution in [-0.2, 0) is 10.9 Å². The van der Waals surface area contributed by atoms with Gasteiger partial charge in [-0.15, -0.1) is 0 Å². The van der Waals surface area contributed by atoms with Gasteiger partial charge in [-0.2, -0.15) is 13.2 Å². The number of unbranched alkanes of at least 4 members (excludes halogenated alkanes) is 10. The number of benzene rings is 1. The summed E-state index contributed by atoms with van der Waals surface area (Å²) in [6.07, 6.45) is 7.71. The molecule has 0 aliphatic rings. The van der Waals surface area contributed by atoms with Gasteiger partial charge in [0.1, 0.15) is 5.82 Å². The lowest BCUT2D eigenvalue weighted by Crippen LogP contribution is -2.16. The third-order valence-corrected chi connectivity index (χ3v) is 4.49. The molecule has 1 rings (SSSR count). The van der Waals surface area contributed by atoms with Crippen LogP contribution < -0.4 is 0 Å². The molecule has 0 amide bonds. The minimum atomic E-state index is -4.80. The number of rotatable bonds is 13. The van der Waals surface area contributed by atoms with Gasteiger partial charge in [0, 0.05) is 0 Å². The molecule has 6 heteroatoms. The van der Waals surface area contributed by atoms with Crippen LogP contribution in [0.2, 0.25) is 0 Å². The van der Waals surface area contributed by atoms with Gasteiger partial charge in [-0.05, 0) is 24.6 Å². The van der Waals surface area contributed by atoms with Crippen LogP contribution in [0.4, 0.5) is 17.6 Å². The fraction of sp³-hybridized carbons (Fsp3) is 0.667. The summed E-state index contributed by atoms with van der Waals surface area (Å²) in [5, 5.41) is 0. The van der Waals surface area contributed by atoms with Crippen molar-refractivity contribution in [2.24, 2.45) is 0 Å². The summed E-state index contributed by atoms with van der Waals surface area (Å²) in [7, 11) is 0. The fourth-order valence-electron chi connectivity index (χ4n) is 2.94. The van der Waals surface area contributed by atoms with Crippen LogP contribution in [0.3, 0.4) is 0 Å². The Morgan fingerprint density at radius 1 is 0.889 bits per heavy atom. The maximum absolute atomic E-state index is 13.0. The molecule has 154 valence electrons. The Kier molecular flexibility index (Phi) is 11.1. The Morgan fingerprint density at radius 2 is 1.41 bits per heavy atom. The second-order valence-electron chi connectivity index (χ2n) is 6.86. The van der Waals surface area contributed by atoms with Gasteiger partial charge in [0.05, 0.1) is 17.7 Å². The summed E-state index contributed by atoms with van der Waals surface area (Å²) < 4.78 is 56.6. The van der Waals surface area contributed by atoms with Crippen LogP contribution in [0.1, 0.15) is 93.5 Å². The first-order valence-corrected chi connectivity index (χ1v) is 9.90. The van der Waals surface area contributed by atoms with Crippen LogP contribution in [0.15, 0.2) is 18.2 Å². The molecule has 0 saturated carbocycles. The zero-order valence-corrected chi connectivity index (χ0v) is 16.0. The van der Waals surface area contributed by atoms with Crippen molar-refractivity contribution in [1.82, 2.24) is 0 Å². The summed E-state index contributed by atoms with van der Waals surface area (Å²) in [5.74, 6) is -2.10. The number of halogens is 4. The van der Waals surface area contributed by atoms with Gasteiger partial charge in [-0.25, -0.2) is 9.18 Å². The van der Waals surface area contributed by atoms with Gasteiger partial charge in [-0.3, -0.25) is 0 Å². The van der Waals surface area contributed by atoms with E-state index < -0.39 is 29.1 Å². The third-order valence-electron chi connectivity index (χ3n) is 4.49. The molecule has 0 heterocycles. The Hall–Kier alpha value is -1.59. The highest BCUT2D eigenvalue weighted by Gasteiger charge is 2.36. The van der Waals surface area contributed by atoms with Crippen molar-refractivity contribution in [3.05, 3.63) is 35.1 Å². The van der Waals surface area contributed by atoms with E-state index in [1.807, 2.05) is 0 Å². The smallest absolute Gasteiger partial charge is 0.417 e. The highest BCUT2D eigenvalue weighted by molar-refractivity contribution is 5.91. The third kappa shape index (κ3) is 9.78. The molecule has 0 saturated heterocycles. The minimum absolute atomic E-state index is 0.0739. The van der Waals surface area contributed by atoms with Crippen LogP contribution >= 0.6 is 0 Å². The number of hydrogen-bond donors (Lipinski definition) is 0. The summed E-state index contributed by atoms with van der Waals surface area (Å²) >= 11 is 0. The second kappa shape index (κ2) is 12.7. The van der Waals surface area contributed by atoms with Crippen molar-refractivity contribution in [2.75, 3.05) is 6.61 Å². The topological polar surface area (TPSA) is 26.3 Å². The Labute approximate surface area is 159 Å². The van der Waals surface area contributed by atoms with Crippen LogP contribution in [0.25, 0.3) is 0 Å². The lowest BCUT2D eigenvalue weighted by atomic mass is 10.1. The molecule has 1 aromatic carbocycles. The highest BCUT2D eigenvalue weighted by atomic mass is 19.4. The number of carbonyl (C=O) groups is 1. The van der Waals surface area contributed by atoms with E-state index in [1.165, 1.54) is 44.9 Å². The van der Waals surface area contributed by atoms with E-state index in [9.17, 15) is 22.4 Å². The van der Waals surface area contributed by atoms with Crippen molar-refractivity contribution >= 4 is 5.97 Å². The number of carbonyl (C=O) groups excluding carboxylic acids is 1. The first kappa shape index (κ1) is 23.4. The molecule has 0 aromatic heterocycles. The molecular formula is C21H30F4O2. The summed E-state index contributed by atoms with van der Waals surface area (Å²) in [4.78, 5) is 11.9. The first-order chi connectivity index (χ1) is 12.9. The predicted octanol–water partition coefficient (Wildman–Crippen LogP) is 7.31. The van der Waals surface area contributed by atoms with Gasteiger partial charge in [0.2, 0.25) is 0 Å². The normalized spacial score (nSPS) is 11.6. The van der Waals surface area contributed by atoms with Crippen LogP contribution in [-0.4, -0.2) is 12.6 Å². The van der Waals surface area contributed by atoms with E-state index >= 15 is 0 Å². The maximum Gasteiger partial charge on any atom is 0.417 e. The van der Waals surface area contributed by atoms with Crippen LogP contribution in [0.5, 0.6) is 0 Å². The van der Waals surface area contributed by atoms with Crippen molar-refractivity contribution in [1.29, 1.82) is 0 Å². The van der Waals surface area contributed by atoms with Gasteiger partial charge in [-0.1, -0.05) is 71.1 Å². The number of hydrogen-bond acceptors (Lipinski definition) is 2. The van der Waals surface area contributed by atoms with Gasteiger partial charge in [0.25, 0.3) is 0 Å². The molecule has 0 spiro atoms. The monoisotopic (exact) mass is 390 g/mol. The van der Waals surface area contributed by atoms with Crippen LogP contribution in [0, 0.1) is 5.82 Å². The van der Waals surface area contributed by atoms with Gasteiger partial charge >= 0.3 is 12.1 Å². The molecule has 0 fully saturated rings. The largest absolute Gasteiger partial charge is 0.462 e. The second-order valence-corrected chi connectivity index (χ2v) is 6.86. The van der Waals surface area contributed by atoms with E-state index in [0.717, 1.165) is 31.4 Å². The first-order valence-electron chi connectivity index (χ1n) is 9.90. The van der Waals surface area contributed by atoms with E-state index in [4.69, 9.17) is 4.74 Å². The SMILES string of the molecule is CCCCCCCCCCCCCOC(=O)c1ccc(F)cc1C(F)(F)F. The zero-order chi connectivity index (χ0) is 20.1. The molecule has 27 heavy (non-hydrogen) atoms. The van der Waals surface area contributed by atoms with Crippen molar-refractivity contribution < 1.29 is 27.1 Å². The van der Waals surface area contributed by atoms with E-state index in [0.29, 0.717) is 12.5 Å². The lowest BCUT2D eigenvalue weighted by Gasteiger charge is -2.12. The average Bonchev–Trinajstić information content (AvgIpc) is 2.61. The van der Waals surface area contributed by atoms with Gasteiger partial charge in [0.15, 0.2) is 0 Å². The minimum Gasteiger partial charge on any atom is -0.462 e. The highest BCUT2D eigenvalue weighted by Crippen LogP contribution is 2.32. The lowest BCUT2D eigenvalue weighted by molar-refractivity contribution is -0.138. The van der Waals surface area contributed by atoms with E-state index in [-0.39, 0.29) is 6.61 Å². The molecule has 2 nitrogen and oxygen atoms in total. The fourth-order valence-corrected chi connectivity index (χ4v) is 2.94. The predicted molar refractivity (Wildman–Crippen MR) is 98.1 cm³/mol. The Balaban J connectivity index is 2.18.